The monoisotopic (exact) mass is 495 g/mol. The van der Waals surface area contributed by atoms with Gasteiger partial charge in [-0.25, -0.2) is 14.6 Å². The number of hydrogen-bond acceptors (Lipinski definition) is 6. The van der Waals surface area contributed by atoms with Gasteiger partial charge in [0.2, 0.25) is 0 Å². The number of carbonyl (C=O) groups excluding carboxylic acids is 1. The molecule has 186 valence electrons. The van der Waals surface area contributed by atoms with Crippen LogP contribution in [0.4, 0.5) is 0 Å². The molecule has 0 atom stereocenters. The number of aromatic nitrogens is 1. The van der Waals surface area contributed by atoms with Crippen molar-refractivity contribution in [3.05, 3.63) is 100 Å². The summed E-state index contributed by atoms with van der Waals surface area (Å²) in [7, 11) is 2.93. The second-order valence-corrected chi connectivity index (χ2v) is 8.69. The number of fused-ring (bicyclic) bond motifs is 2. The molecule has 7 nitrogen and oxygen atoms in total. The molecule has 1 aliphatic carbocycles. The fourth-order valence-corrected chi connectivity index (χ4v) is 4.63. The molecule has 1 N–H and O–H groups in total. The number of carboxylic acids is 1. The summed E-state index contributed by atoms with van der Waals surface area (Å²) in [4.78, 5) is 28.5. The Labute approximate surface area is 213 Å². The molecule has 0 spiro atoms. The van der Waals surface area contributed by atoms with Gasteiger partial charge in [-0.05, 0) is 71.5 Å². The van der Waals surface area contributed by atoms with E-state index in [1.807, 2.05) is 60.7 Å². The van der Waals surface area contributed by atoms with Crippen LogP contribution >= 0.6 is 0 Å². The van der Waals surface area contributed by atoms with Gasteiger partial charge in [0.1, 0.15) is 6.61 Å². The number of pyridine rings is 1. The van der Waals surface area contributed by atoms with Crippen LogP contribution in [0, 0.1) is 0 Å². The van der Waals surface area contributed by atoms with Gasteiger partial charge in [0.15, 0.2) is 11.5 Å². The van der Waals surface area contributed by atoms with E-state index in [0.29, 0.717) is 53.0 Å². The zero-order valence-electron chi connectivity index (χ0n) is 20.5. The summed E-state index contributed by atoms with van der Waals surface area (Å²) in [5.74, 6) is -0.146. The molecule has 5 rings (SSSR count). The van der Waals surface area contributed by atoms with Crippen LogP contribution in [-0.2, 0) is 17.8 Å². The van der Waals surface area contributed by atoms with Crippen molar-refractivity contribution in [1.29, 1.82) is 0 Å². The van der Waals surface area contributed by atoms with Crippen LogP contribution in [0.5, 0.6) is 11.5 Å². The topological polar surface area (TPSA) is 95.0 Å². The molecule has 0 unspecified atom stereocenters. The van der Waals surface area contributed by atoms with E-state index in [1.54, 1.807) is 19.2 Å². The van der Waals surface area contributed by atoms with E-state index in [1.165, 1.54) is 7.11 Å². The highest BCUT2D eigenvalue weighted by Crippen LogP contribution is 2.38. The number of benzene rings is 3. The second-order valence-electron chi connectivity index (χ2n) is 8.69. The molecule has 4 aromatic rings. The molecule has 1 aliphatic rings. The Balaban J connectivity index is 1.40. The zero-order valence-corrected chi connectivity index (χ0v) is 20.5. The van der Waals surface area contributed by atoms with Crippen LogP contribution in [0.1, 0.15) is 49.5 Å². The molecule has 0 bridgehead atoms. The average Bonchev–Trinajstić information content (AvgIpc) is 3.32. The van der Waals surface area contributed by atoms with Crippen molar-refractivity contribution in [2.45, 2.75) is 19.4 Å². The summed E-state index contributed by atoms with van der Waals surface area (Å²) in [6.45, 7) is 0.306. The Morgan fingerprint density at radius 1 is 0.973 bits per heavy atom. The Hall–Kier alpha value is -4.65. The van der Waals surface area contributed by atoms with E-state index in [2.05, 4.69) is 0 Å². The van der Waals surface area contributed by atoms with Crippen molar-refractivity contribution in [2.24, 2.45) is 0 Å². The maximum absolute atomic E-state index is 12.1. The van der Waals surface area contributed by atoms with Gasteiger partial charge in [0.25, 0.3) is 0 Å². The third-order valence-electron chi connectivity index (χ3n) is 6.45. The molecule has 1 aromatic heterocycles. The molecule has 0 fully saturated rings. The van der Waals surface area contributed by atoms with Crippen molar-refractivity contribution in [3.8, 4) is 11.5 Å². The zero-order chi connectivity index (χ0) is 25.9. The number of carbonyl (C=O) groups is 2. The number of aromatic carboxylic acids is 1. The number of para-hydroxylation sites is 1. The van der Waals surface area contributed by atoms with Crippen LogP contribution in [-0.4, -0.2) is 36.2 Å². The normalized spacial score (nSPS) is 13.4. The maximum atomic E-state index is 12.1. The fourth-order valence-electron chi connectivity index (χ4n) is 4.63. The first kappa shape index (κ1) is 24.1. The summed E-state index contributed by atoms with van der Waals surface area (Å²) in [5.41, 5.74) is 5.81. The van der Waals surface area contributed by atoms with Gasteiger partial charge in [-0.1, -0.05) is 36.4 Å². The summed E-state index contributed by atoms with van der Waals surface area (Å²) in [6.07, 6.45) is 3.37. The van der Waals surface area contributed by atoms with Crippen LogP contribution in [0.3, 0.4) is 0 Å². The van der Waals surface area contributed by atoms with E-state index < -0.39 is 5.97 Å². The Kier molecular flexibility index (Phi) is 6.60. The summed E-state index contributed by atoms with van der Waals surface area (Å²) < 4.78 is 16.3. The predicted molar refractivity (Wildman–Crippen MR) is 140 cm³/mol. The van der Waals surface area contributed by atoms with Gasteiger partial charge in [-0.3, -0.25) is 0 Å². The Morgan fingerprint density at radius 2 is 1.76 bits per heavy atom. The number of nitrogens with zero attached hydrogens (tertiary/aromatic N) is 1. The fraction of sp³-hybridized carbons (Fsp3) is 0.167. The predicted octanol–water partition coefficient (Wildman–Crippen LogP) is 5.79. The lowest BCUT2D eigenvalue weighted by atomic mass is 10.0. The van der Waals surface area contributed by atoms with Crippen molar-refractivity contribution in [3.63, 3.8) is 0 Å². The summed E-state index contributed by atoms with van der Waals surface area (Å²) in [6, 6.07) is 20.1. The van der Waals surface area contributed by atoms with Gasteiger partial charge >= 0.3 is 11.9 Å². The van der Waals surface area contributed by atoms with E-state index in [4.69, 9.17) is 19.2 Å². The van der Waals surface area contributed by atoms with Gasteiger partial charge in [0.05, 0.1) is 36.6 Å². The van der Waals surface area contributed by atoms with Gasteiger partial charge in [-0.15, -0.1) is 0 Å². The van der Waals surface area contributed by atoms with Gasteiger partial charge in [0, 0.05) is 5.39 Å². The second kappa shape index (κ2) is 10.1. The first-order valence-electron chi connectivity index (χ1n) is 11.8. The molecule has 1 heterocycles. The molecular weight excluding hydrogens is 470 g/mol. The minimum atomic E-state index is -0.931. The molecule has 3 aromatic carbocycles. The summed E-state index contributed by atoms with van der Waals surface area (Å²) in [5, 5.41) is 10.6. The number of esters is 1. The highest BCUT2D eigenvalue weighted by molar-refractivity contribution is 6.06. The van der Waals surface area contributed by atoms with Gasteiger partial charge in [-0.2, -0.15) is 0 Å². The molecule has 0 radical (unpaired) electrons. The number of rotatable bonds is 7. The average molecular weight is 496 g/mol. The summed E-state index contributed by atoms with van der Waals surface area (Å²) >= 11 is 0. The first-order valence-corrected chi connectivity index (χ1v) is 11.8. The SMILES string of the molecule is COC(=O)c1ccc(COc2ccc(/C=C3\CCc4c3nc3ccccc3c4C(=O)O)cc2OC)cc1. The molecular formula is C30H25NO6. The van der Waals surface area contributed by atoms with E-state index >= 15 is 0 Å². The lowest BCUT2D eigenvalue weighted by molar-refractivity contribution is 0.0599. The van der Waals surface area contributed by atoms with Crippen LogP contribution in [0.25, 0.3) is 22.6 Å². The standard InChI is InChI=1S/C30H25NO6/c1-35-26-16-19(9-14-25(26)37-17-18-7-10-20(11-8-18)30(34)36-2)15-21-12-13-23-27(29(32)33)22-5-3-4-6-24(22)31-28(21)23/h3-11,14-16H,12-13,17H2,1-2H3,(H,32,33)/b21-15+. The molecule has 7 heteroatoms. The van der Waals surface area contributed by atoms with E-state index in [-0.39, 0.29) is 5.97 Å². The maximum Gasteiger partial charge on any atom is 0.337 e. The van der Waals surface area contributed by atoms with Crippen molar-refractivity contribution in [1.82, 2.24) is 4.98 Å². The van der Waals surface area contributed by atoms with Crippen molar-refractivity contribution >= 4 is 34.5 Å². The van der Waals surface area contributed by atoms with Crippen molar-refractivity contribution in [2.75, 3.05) is 14.2 Å². The third-order valence-corrected chi connectivity index (χ3v) is 6.45. The molecule has 0 saturated carbocycles. The first-order chi connectivity index (χ1) is 18.0. The lowest BCUT2D eigenvalue weighted by Crippen LogP contribution is -2.05. The quantitative estimate of drug-likeness (QED) is 0.324. The van der Waals surface area contributed by atoms with E-state index in [0.717, 1.165) is 28.0 Å². The minimum absolute atomic E-state index is 0.306. The van der Waals surface area contributed by atoms with Crippen LogP contribution < -0.4 is 9.47 Å². The highest BCUT2D eigenvalue weighted by Gasteiger charge is 2.26. The van der Waals surface area contributed by atoms with Gasteiger partial charge < -0.3 is 19.3 Å². The molecule has 0 aliphatic heterocycles. The van der Waals surface area contributed by atoms with Crippen LogP contribution in [0.15, 0.2) is 66.7 Å². The Morgan fingerprint density at radius 3 is 2.49 bits per heavy atom. The van der Waals surface area contributed by atoms with E-state index in [9.17, 15) is 14.7 Å². The molecule has 0 saturated heterocycles. The smallest absolute Gasteiger partial charge is 0.337 e. The number of carboxylic acid groups (broad SMARTS) is 1. The number of allylic oxidation sites excluding steroid dienone is 1. The third kappa shape index (κ3) is 4.76. The van der Waals surface area contributed by atoms with Crippen molar-refractivity contribution < 1.29 is 28.9 Å². The van der Waals surface area contributed by atoms with Crippen LogP contribution in [0.2, 0.25) is 0 Å². The molecule has 0 amide bonds. The molecule has 37 heavy (non-hydrogen) atoms. The largest absolute Gasteiger partial charge is 0.493 e. The highest BCUT2D eigenvalue weighted by atomic mass is 16.5. The lowest BCUT2D eigenvalue weighted by Gasteiger charge is -2.12. The number of ether oxygens (including phenoxy) is 3. The number of methoxy groups -OCH3 is 2. The minimum Gasteiger partial charge on any atom is -0.493 e. The Bertz CT molecular complexity index is 1540. The number of hydrogen-bond donors (Lipinski definition) is 1.